The number of carbonyl (C=O) groups is 1. The van der Waals surface area contributed by atoms with Crippen LogP contribution in [-0.4, -0.2) is 39.3 Å². The van der Waals surface area contributed by atoms with Crippen LogP contribution in [0.1, 0.15) is 17.7 Å². The number of hydrogen-bond acceptors (Lipinski definition) is 4. The first kappa shape index (κ1) is 19.2. The maximum absolute atomic E-state index is 12.3. The second-order valence-electron chi connectivity index (χ2n) is 5.93. The summed E-state index contributed by atoms with van der Waals surface area (Å²) >= 11 is 0. The first-order chi connectivity index (χ1) is 11.8. The van der Waals surface area contributed by atoms with E-state index in [-0.39, 0.29) is 10.8 Å². The Labute approximate surface area is 148 Å². The van der Waals surface area contributed by atoms with Crippen LogP contribution in [0, 0.1) is 6.92 Å². The van der Waals surface area contributed by atoms with Crippen molar-refractivity contribution in [2.45, 2.75) is 24.8 Å². The summed E-state index contributed by atoms with van der Waals surface area (Å²) in [6.07, 6.45) is 1.94. The van der Waals surface area contributed by atoms with Crippen molar-refractivity contribution in [1.29, 1.82) is 0 Å². The average molecular weight is 366 g/mol. The van der Waals surface area contributed by atoms with Crippen molar-refractivity contribution in [2.24, 2.45) is 0 Å². The highest BCUT2D eigenvalue weighted by molar-refractivity contribution is 7.89. The summed E-state index contributed by atoms with van der Waals surface area (Å²) in [5.74, 6) is 0.699. The highest BCUT2D eigenvalue weighted by Gasteiger charge is 2.20. The average Bonchev–Trinajstić information content (AvgIpc) is 3.06. The SMILES string of the molecule is Cc1ccc(NC(=O)CC[NH2+]Cc2ccco2)cc1S(=O)(=O)N(C)C. The number of furan rings is 1. The second kappa shape index (κ2) is 8.28. The Bertz CT molecular complexity index is 814. The Hall–Kier alpha value is -2.16. The smallest absolute Gasteiger partial charge is 0.242 e. The van der Waals surface area contributed by atoms with Gasteiger partial charge in [-0.3, -0.25) is 4.79 Å². The van der Waals surface area contributed by atoms with Gasteiger partial charge in [0.25, 0.3) is 0 Å². The molecule has 1 aromatic carbocycles. The molecule has 0 saturated carbocycles. The van der Waals surface area contributed by atoms with Crippen molar-refractivity contribution in [3.63, 3.8) is 0 Å². The Morgan fingerprint density at radius 3 is 2.68 bits per heavy atom. The van der Waals surface area contributed by atoms with E-state index < -0.39 is 10.0 Å². The van der Waals surface area contributed by atoms with E-state index in [1.54, 1.807) is 25.3 Å². The van der Waals surface area contributed by atoms with Gasteiger partial charge in [-0.1, -0.05) is 6.07 Å². The number of quaternary nitrogens is 1. The molecule has 136 valence electrons. The molecule has 3 N–H and O–H groups in total. The molecule has 2 rings (SSSR count). The van der Waals surface area contributed by atoms with Crippen LogP contribution in [0.15, 0.2) is 45.9 Å². The predicted molar refractivity (Wildman–Crippen MR) is 94.5 cm³/mol. The van der Waals surface area contributed by atoms with Crippen molar-refractivity contribution >= 4 is 21.6 Å². The van der Waals surface area contributed by atoms with Gasteiger partial charge >= 0.3 is 0 Å². The summed E-state index contributed by atoms with van der Waals surface area (Å²) < 4.78 is 31.0. The van der Waals surface area contributed by atoms with Crippen LogP contribution in [0.25, 0.3) is 0 Å². The fraction of sp³-hybridized carbons (Fsp3) is 0.353. The van der Waals surface area contributed by atoms with Crippen LogP contribution in [0.4, 0.5) is 5.69 Å². The lowest BCUT2D eigenvalue weighted by Crippen LogP contribution is -2.82. The Balaban J connectivity index is 1.92. The summed E-state index contributed by atoms with van der Waals surface area (Å²) in [6, 6.07) is 8.60. The zero-order valence-corrected chi connectivity index (χ0v) is 15.5. The second-order valence-corrected chi connectivity index (χ2v) is 8.05. The molecule has 1 amide bonds. The molecular formula is C17H24N3O4S+. The van der Waals surface area contributed by atoms with Crippen LogP contribution >= 0.6 is 0 Å². The van der Waals surface area contributed by atoms with Gasteiger partial charge in [0.15, 0.2) is 5.76 Å². The third kappa shape index (κ3) is 5.15. The summed E-state index contributed by atoms with van der Waals surface area (Å²) in [5, 5.41) is 4.73. The van der Waals surface area contributed by atoms with Gasteiger partial charge in [-0.2, -0.15) is 0 Å². The molecule has 0 atom stereocenters. The lowest BCUT2D eigenvalue weighted by atomic mass is 10.2. The number of nitrogens with one attached hydrogen (secondary N) is 1. The molecule has 0 unspecified atom stereocenters. The van der Waals surface area contributed by atoms with Gasteiger partial charge in [0, 0.05) is 19.8 Å². The Morgan fingerprint density at radius 2 is 2.04 bits per heavy atom. The quantitative estimate of drug-likeness (QED) is 0.679. The monoisotopic (exact) mass is 366 g/mol. The number of amides is 1. The van der Waals surface area contributed by atoms with Crippen molar-refractivity contribution < 1.29 is 22.9 Å². The van der Waals surface area contributed by atoms with Crippen molar-refractivity contribution in [1.82, 2.24) is 4.31 Å². The van der Waals surface area contributed by atoms with E-state index in [0.29, 0.717) is 30.8 Å². The van der Waals surface area contributed by atoms with Gasteiger partial charge in [0.05, 0.1) is 24.1 Å². The standard InChI is InChI=1S/C17H23N3O4S/c1-13-6-7-14(11-16(13)25(22,23)20(2)3)19-17(21)8-9-18-12-15-5-4-10-24-15/h4-7,10-11,18H,8-9,12H2,1-3H3,(H,19,21)/p+1. The van der Waals surface area contributed by atoms with E-state index in [9.17, 15) is 13.2 Å². The molecule has 1 aromatic heterocycles. The highest BCUT2D eigenvalue weighted by Crippen LogP contribution is 2.22. The van der Waals surface area contributed by atoms with Crippen molar-refractivity contribution in [3.8, 4) is 0 Å². The molecule has 25 heavy (non-hydrogen) atoms. The molecule has 1 heterocycles. The van der Waals surface area contributed by atoms with E-state index in [1.165, 1.54) is 20.2 Å². The maximum Gasteiger partial charge on any atom is 0.242 e. The van der Waals surface area contributed by atoms with Crippen LogP contribution in [0.3, 0.4) is 0 Å². The number of nitrogens with zero attached hydrogens (tertiary/aromatic N) is 1. The minimum Gasteiger partial charge on any atom is -0.463 e. The minimum absolute atomic E-state index is 0.159. The number of aryl methyl sites for hydroxylation is 1. The van der Waals surface area contributed by atoms with Gasteiger partial charge in [0.2, 0.25) is 15.9 Å². The van der Waals surface area contributed by atoms with Crippen LogP contribution in [0.2, 0.25) is 0 Å². The summed E-state index contributed by atoms with van der Waals surface area (Å²) in [6.45, 7) is 3.02. The van der Waals surface area contributed by atoms with Gasteiger partial charge in [-0.05, 0) is 36.8 Å². The largest absolute Gasteiger partial charge is 0.463 e. The van der Waals surface area contributed by atoms with Gasteiger partial charge in [0.1, 0.15) is 6.54 Å². The minimum atomic E-state index is -3.55. The zero-order valence-electron chi connectivity index (χ0n) is 14.7. The third-order valence-electron chi connectivity index (χ3n) is 3.73. The first-order valence-corrected chi connectivity index (χ1v) is 9.42. The van der Waals surface area contributed by atoms with Crippen LogP contribution in [0.5, 0.6) is 0 Å². The Morgan fingerprint density at radius 1 is 1.28 bits per heavy atom. The molecule has 0 spiro atoms. The molecule has 8 heteroatoms. The molecule has 0 saturated heterocycles. The highest BCUT2D eigenvalue weighted by atomic mass is 32.2. The molecule has 0 bridgehead atoms. The Kier molecular flexibility index (Phi) is 6.35. The van der Waals surface area contributed by atoms with Crippen molar-refractivity contribution in [2.75, 3.05) is 26.0 Å². The van der Waals surface area contributed by atoms with Crippen molar-refractivity contribution in [3.05, 3.63) is 47.9 Å². The fourth-order valence-electron chi connectivity index (χ4n) is 2.28. The number of rotatable bonds is 8. The maximum atomic E-state index is 12.3. The van der Waals surface area contributed by atoms with Gasteiger partial charge in [-0.15, -0.1) is 0 Å². The molecule has 7 nitrogen and oxygen atoms in total. The molecule has 0 radical (unpaired) electrons. The van der Waals surface area contributed by atoms with E-state index >= 15 is 0 Å². The number of nitrogens with two attached hydrogens (primary N) is 1. The molecule has 0 aliphatic carbocycles. The van der Waals surface area contributed by atoms with E-state index in [2.05, 4.69) is 5.32 Å². The van der Waals surface area contributed by atoms with Gasteiger partial charge in [-0.25, -0.2) is 12.7 Å². The van der Waals surface area contributed by atoms with Gasteiger partial charge < -0.3 is 15.1 Å². The molecule has 0 aliphatic rings. The van der Waals surface area contributed by atoms with E-state index in [0.717, 1.165) is 10.1 Å². The van der Waals surface area contributed by atoms with Crippen LogP contribution < -0.4 is 10.6 Å². The topological polar surface area (TPSA) is 96.2 Å². The predicted octanol–water partition coefficient (Wildman–Crippen LogP) is 0.931. The van der Waals surface area contributed by atoms with E-state index in [1.807, 2.05) is 17.4 Å². The lowest BCUT2D eigenvalue weighted by molar-refractivity contribution is -0.671. The molecule has 0 aliphatic heterocycles. The summed E-state index contributed by atoms with van der Waals surface area (Å²) in [4.78, 5) is 12.2. The third-order valence-corrected chi connectivity index (χ3v) is 5.69. The number of anilines is 1. The van der Waals surface area contributed by atoms with E-state index in [4.69, 9.17) is 4.42 Å². The number of sulfonamides is 1. The zero-order chi connectivity index (χ0) is 18.4. The molecule has 2 aromatic rings. The first-order valence-electron chi connectivity index (χ1n) is 7.98. The fourth-order valence-corrected chi connectivity index (χ4v) is 3.43. The number of carbonyl (C=O) groups excluding carboxylic acids is 1. The normalized spacial score (nSPS) is 11.7. The lowest BCUT2D eigenvalue weighted by Gasteiger charge is -2.15. The number of hydrogen-bond donors (Lipinski definition) is 2. The molecular weight excluding hydrogens is 342 g/mol. The van der Waals surface area contributed by atoms with Crippen LogP contribution in [-0.2, 0) is 21.4 Å². The number of benzene rings is 1. The summed E-state index contributed by atoms with van der Waals surface area (Å²) in [5.41, 5.74) is 1.11. The molecule has 0 fully saturated rings. The summed E-state index contributed by atoms with van der Waals surface area (Å²) in [7, 11) is -0.584.